The van der Waals surface area contributed by atoms with E-state index >= 15 is 0 Å². The molecule has 1 amide bonds. The molecule has 1 fully saturated rings. The van der Waals surface area contributed by atoms with Gasteiger partial charge in [0.1, 0.15) is 0 Å². The number of carbonyl (C=O) groups is 1. The van der Waals surface area contributed by atoms with E-state index < -0.39 is 0 Å². The van der Waals surface area contributed by atoms with Crippen LogP contribution in [0.25, 0.3) is 0 Å². The van der Waals surface area contributed by atoms with Crippen LogP contribution in [0, 0.1) is 5.92 Å². The molecule has 0 bridgehead atoms. The predicted octanol–water partition coefficient (Wildman–Crippen LogP) is 2.97. The van der Waals surface area contributed by atoms with E-state index in [1.807, 2.05) is 11.9 Å². The Bertz CT molecular complexity index is 355. The minimum absolute atomic E-state index is 0.0238. The summed E-state index contributed by atoms with van der Waals surface area (Å²) in [5.74, 6) is 0.446. The standard InChI is InChI=1S/C16H30N2O/c1-8-14(19)18(7)13-11-15(5,9-2)17-16(6,10-3)12(13)4/h8,12-13,17H,1,9-11H2,2-7H3. The number of hydrogen-bond acceptors (Lipinski definition) is 2. The zero-order chi connectivity index (χ0) is 14.8. The monoisotopic (exact) mass is 266 g/mol. The van der Waals surface area contributed by atoms with Crippen LogP contribution in [0.4, 0.5) is 0 Å². The highest BCUT2D eigenvalue weighted by molar-refractivity contribution is 5.87. The van der Waals surface area contributed by atoms with Crippen LogP contribution in [0.2, 0.25) is 0 Å². The van der Waals surface area contributed by atoms with E-state index in [1.54, 1.807) is 0 Å². The second-order valence-corrected chi connectivity index (χ2v) is 6.52. The molecule has 0 aromatic carbocycles. The number of nitrogens with zero attached hydrogens (tertiary/aromatic N) is 1. The molecule has 19 heavy (non-hydrogen) atoms. The van der Waals surface area contributed by atoms with E-state index in [4.69, 9.17) is 0 Å². The SMILES string of the molecule is C=CC(=O)N(C)C1CC(C)(CC)NC(C)(CC)C1C. The van der Waals surface area contributed by atoms with Gasteiger partial charge in [-0.1, -0.05) is 27.4 Å². The van der Waals surface area contributed by atoms with Gasteiger partial charge in [-0.25, -0.2) is 0 Å². The maximum atomic E-state index is 11.9. The summed E-state index contributed by atoms with van der Waals surface area (Å²) in [5.41, 5.74) is 0.168. The molecule has 0 aliphatic carbocycles. The lowest BCUT2D eigenvalue weighted by Crippen LogP contribution is -2.68. The summed E-state index contributed by atoms with van der Waals surface area (Å²) in [6, 6.07) is 0.265. The largest absolute Gasteiger partial charge is 0.339 e. The predicted molar refractivity (Wildman–Crippen MR) is 81.1 cm³/mol. The van der Waals surface area contributed by atoms with Crippen LogP contribution in [-0.2, 0) is 4.79 Å². The van der Waals surface area contributed by atoms with E-state index in [9.17, 15) is 4.79 Å². The molecule has 4 atom stereocenters. The molecular formula is C16H30N2O. The van der Waals surface area contributed by atoms with Crippen molar-refractivity contribution in [3.05, 3.63) is 12.7 Å². The van der Waals surface area contributed by atoms with Crippen molar-refractivity contribution in [1.29, 1.82) is 0 Å². The van der Waals surface area contributed by atoms with Crippen molar-refractivity contribution in [2.45, 2.75) is 71.0 Å². The van der Waals surface area contributed by atoms with Crippen molar-refractivity contribution in [3.63, 3.8) is 0 Å². The fourth-order valence-corrected chi connectivity index (χ4v) is 3.34. The van der Waals surface area contributed by atoms with Gasteiger partial charge in [0.25, 0.3) is 0 Å². The highest BCUT2D eigenvalue weighted by Gasteiger charge is 2.47. The third-order valence-corrected chi connectivity index (χ3v) is 5.36. The highest BCUT2D eigenvalue weighted by Crippen LogP contribution is 2.39. The van der Waals surface area contributed by atoms with Crippen LogP contribution in [0.1, 0.15) is 53.9 Å². The van der Waals surface area contributed by atoms with Crippen LogP contribution >= 0.6 is 0 Å². The van der Waals surface area contributed by atoms with E-state index in [0.29, 0.717) is 5.92 Å². The third kappa shape index (κ3) is 3.02. The molecule has 1 aliphatic heterocycles. The second kappa shape index (κ2) is 5.66. The zero-order valence-electron chi connectivity index (χ0n) is 13.4. The topological polar surface area (TPSA) is 32.3 Å². The van der Waals surface area contributed by atoms with Gasteiger partial charge in [-0.2, -0.15) is 0 Å². The van der Waals surface area contributed by atoms with E-state index in [0.717, 1.165) is 19.3 Å². The Kier molecular flexibility index (Phi) is 4.83. The number of amides is 1. The van der Waals surface area contributed by atoms with Crippen molar-refractivity contribution in [3.8, 4) is 0 Å². The average molecular weight is 266 g/mol. The van der Waals surface area contributed by atoms with Gasteiger partial charge >= 0.3 is 0 Å². The molecule has 0 aromatic rings. The summed E-state index contributed by atoms with van der Waals surface area (Å²) < 4.78 is 0. The van der Waals surface area contributed by atoms with Crippen LogP contribution in [0.3, 0.4) is 0 Å². The highest BCUT2D eigenvalue weighted by atomic mass is 16.2. The number of carbonyl (C=O) groups excluding carboxylic acids is 1. The Hall–Kier alpha value is -0.830. The number of piperidine rings is 1. The van der Waals surface area contributed by atoms with Gasteiger partial charge in [0.2, 0.25) is 5.91 Å². The fourth-order valence-electron chi connectivity index (χ4n) is 3.34. The van der Waals surface area contributed by atoms with E-state index in [2.05, 4.69) is 46.5 Å². The normalized spacial score (nSPS) is 38.8. The lowest BCUT2D eigenvalue weighted by molar-refractivity contribution is -0.130. The molecule has 1 N–H and O–H groups in total. The first-order chi connectivity index (χ1) is 8.73. The molecule has 1 heterocycles. The first-order valence-corrected chi connectivity index (χ1v) is 7.41. The van der Waals surface area contributed by atoms with Crippen molar-refractivity contribution in [2.24, 2.45) is 5.92 Å². The smallest absolute Gasteiger partial charge is 0.245 e. The molecule has 1 aliphatic rings. The summed E-state index contributed by atoms with van der Waals surface area (Å²) in [5, 5.41) is 3.83. The maximum Gasteiger partial charge on any atom is 0.245 e. The van der Waals surface area contributed by atoms with Crippen molar-refractivity contribution in [1.82, 2.24) is 10.2 Å². The van der Waals surface area contributed by atoms with Gasteiger partial charge in [-0.05, 0) is 45.1 Å². The Balaban J connectivity index is 3.08. The molecule has 110 valence electrons. The van der Waals surface area contributed by atoms with Gasteiger partial charge in [-0.3, -0.25) is 4.79 Å². The average Bonchev–Trinajstić information content (AvgIpc) is 2.41. The molecule has 0 aromatic heterocycles. The van der Waals surface area contributed by atoms with Crippen molar-refractivity contribution < 1.29 is 4.79 Å². The maximum absolute atomic E-state index is 11.9. The number of hydrogen-bond donors (Lipinski definition) is 1. The Morgan fingerprint density at radius 2 is 2.00 bits per heavy atom. The Morgan fingerprint density at radius 3 is 2.42 bits per heavy atom. The Labute approximate surface area is 118 Å². The summed E-state index contributed by atoms with van der Waals surface area (Å²) in [4.78, 5) is 13.8. The molecule has 3 nitrogen and oxygen atoms in total. The lowest BCUT2D eigenvalue weighted by Gasteiger charge is -2.55. The van der Waals surface area contributed by atoms with Crippen LogP contribution in [-0.4, -0.2) is 35.0 Å². The minimum atomic E-state index is 0.0238. The summed E-state index contributed by atoms with van der Waals surface area (Å²) in [6.07, 6.45) is 4.55. The number of nitrogens with one attached hydrogen (secondary N) is 1. The summed E-state index contributed by atoms with van der Waals surface area (Å²) in [7, 11) is 1.91. The molecule has 4 unspecified atom stereocenters. The van der Waals surface area contributed by atoms with Gasteiger partial charge in [0.05, 0.1) is 0 Å². The van der Waals surface area contributed by atoms with Gasteiger partial charge in [0.15, 0.2) is 0 Å². The molecule has 0 spiro atoms. The molecule has 1 saturated heterocycles. The molecule has 3 heteroatoms. The second-order valence-electron chi connectivity index (χ2n) is 6.52. The molecule has 1 rings (SSSR count). The first kappa shape index (κ1) is 16.2. The zero-order valence-corrected chi connectivity index (χ0v) is 13.4. The van der Waals surface area contributed by atoms with Gasteiger partial charge in [0, 0.05) is 24.2 Å². The molecule has 0 saturated carbocycles. The third-order valence-electron chi connectivity index (χ3n) is 5.36. The van der Waals surface area contributed by atoms with Crippen molar-refractivity contribution >= 4 is 5.91 Å². The van der Waals surface area contributed by atoms with E-state index in [-0.39, 0.29) is 23.0 Å². The molecule has 0 radical (unpaired) electrons. The number of rotatable bonds is 4. The van der Waals surface area contributed by atoms with Gasteiger partial charge in [-0.15, -0.1) is 0 Å². The van der Waals surface area contributed by atoms with Crippen molar-refractivity contribution in [2.75, 3.05) is 7.05 Å². The minimum Gasteiger partial charge on any atom is -0.339 e. The summed E-state index contributed by atoms with van der Waals surface area (Å²) in [6.45, 7) is 14.8. The molecular weight excluding hydrogens is 236 g/mol. The Morgan fingerprint density at radius 1 is 1.42 bits per heavy atom. The fraction of sp³-hybridized carbons (Fsp3) is 0.812. The van der Waals surface area contributed by atoms with E-state index in [1.165, 1.54) is 6.08 Å². The summed E-state index contributed by atoms with van der Waals surface area (Å²) >= 11 is 0. The number of likely N-dealkylation sites (N-methyl/N-ethyl adjacent to an activating group) is 1. The van der Waals surface area contributed by atoms with Crippen LogP contribution in [0.5, 0.6) is 0 Å². The van der Waals surface area contributed by atoms with Crippen LogP contribution in [0.15, 0.2) is 12.7 Å². The quantitative estimate of drug-likeness (QED) is 0.793. The van der Waals surface area contributed by atoms with Gasteiger partial charge < -0.3 is 10.2 Å². The van der Waals surface area contributed by atoms with Crippen LogP contribution < -0.4 is 5.32 Å². The lowest BCUT2D eigenvalue weighted by atomic mass is 9.68. The first-order valence-electron chi connectivity index (χ1n) is 7.41.